The van der Waals surface area contributed by atoms with Crippen molar-refractivity contribution in [1.82, 2.24) is 4.98 Å². The number of hydrogen-bond acceptors (Lipinski definition) is 2. The summed E-state index contributed by atoms with van der Waals surface area (Å²) in [6.45, 7) is 4.76. The molecule has 2 nitrogen and oxygen atoms in total. The summed E-state index contributed by atoms with van der Waals surface area (Å²) in [5.74, 6) is 0. The number of para-hydroxylation sites is 1. The van der Waals surface area contributed by atoms with Crippen LogP contribution in [-0.4, -0.2) is 13.1 Å². The molecule has 0 N–H and O–H groups in total. The number of benzene rings is 5. The van der Waals surface area contributed by atoms with E-state index in [0.29, 0.717) is 16.7 Å². The summed E-state index contributed by atoms with van der Waals surface area (Å²) in [5.41, 5.74) is 6.28. The maximum absolute atomic E-state index is 8.64. The first kappa shape index (κ1) is 25.3. The summed E-state index contributed by atoms with van der Waals surface area (Å²) >= 11 is 0. The monoisotopic (exact) mass is 770 g/mol. The van der Waals surface area contributed by atoms with E-state index >= 15 is 0 Å². The number of hydrogen-bond donors (Lipinski definition) is 0. The number of fused-ring (bicyclic) bond motifs is 3. The summed E-state index contributed by atoms with van der Waals surface area (Å²) in [6, 6.07) is 44.9. The van der Waals surface area contributed by atoms with Crippen LogP contribution in [0.3, 0.4) is 0 Å². The fourth-order valence-electron chi connectivity index (χ4n) is 4.85. The molecular formula is C40H34IrNOSi. The first-order valence-corrected chi connectivity index (χ1v) is 17.7. The van der Waals surface area contributed by atoms with Gasteiger partial charge in [-0.25, -0.2) is 5.56 Å². The molecule has 0 aliphatic heterocycles. The Hall–Kier alpha value is -4.08. The maximum atomic E-state index is 8.64. The Kier molecular flexibility index (Phi) is 7.86. The average Bonchev–Trinajstić information content (AvgIpc) is 3.47. The minimum atomic E-state index is -2.08. The van der Waals surface area contributed by atoms with Crippen molar-refractivity contribution in [1.29, 1.82) is 0 Å². The van der Waals surface area contributed by atoms with Crippen LogP contribution in [0.25, 0.3) is 44.3 Å². The molecule has 0 spiro atoms. The molecule has 0 amide bonds. The van der Waals surface area contributed by atoms with Crippen molar-refractivity contribution >= 4 is 35.2 Å². The van der Waals surface area contributed by atoms with Crippen LogP contribution in [0.1, 0.15) is 23.5 Å². The van der Waals surface area contributed by atoms with Crippen LogP contribution < -0.4 is 5.19 Å². The van der Waals surface area contributed by atoms with E-state index < -0.39 is 21.3 Å². The molecule has 7 rings (SSSR count). The minimum Gasteiger partial charge on any atom is -0.510 e. The van der Waals surface area contributed by atoms with Gasteiger partial charge in [0.2, 0.25) is 0 Å². The van der Waals surface area contributed by atoms with Crippen LogP contribution in [0.2, 0.25) is 19.6 Å². The molecule has 5 aromatic carbocycles. The maximum Gasteiger partial charge on any atom is 3.00 e. The van der Waals surface area contributed by atoms with Crippen LogP contribution in [0, 0.1) is 25.1 Å². The van der Waals surface area contributed by atoms with Gasteiger partial charge in [0.15, 0.2) is 0 Å². The molecule has 4 heteroatoms. The van der Waals surface area contributed by atoms with Gasteiger partial charge in [0, 0.05) is 24.0 Å². The van der Waals surface area contributed by atoms with Crippen molar-refractivity contribution < 1.29 is 31.4 Å². The summed E-state index contributed by atoms with van der Waals surface area (Å²) in [4.78, 5) is 4.47. The second kappa shape index (κ2) is 13.7. The first-order chi connectivity index (χ1) is 22.8. The number of aromatic nitrogens is 1. The molecular weight excluding hydrogens is 731 g/mol. The second-order valence-electron chi connectivity index (χ2n) is 11.3. The Morgan fingerprint density at radius 1 is 0.773 bits per heavy atom. The Bertz CT molecular complexity index is 2120. The van der Waals surface area contributed by atoms with Crippen LogP contribution >= 0.6 is 0 Å². The molecule has 0 fully saturated rings. The van der Waals surface area contributed by atoms with Crippen LogP contribution in [0.15, 0.2) is 126 Å². The topological polar surface area (TPSA) is 26.0 Å². The zero-order valence-electron chi connectivity index (χ0n) is 29.7. The number of pyridine rings is 1. The Labute approximate surface area is 282 Å². The summed E-state index contributed by atoms with van der Waals surface area (Å²) in [6.07, 6.45) is 0.319. The van der Waals surface area contributed by atoms with Gasteiger partial charge in [-0.05, 0) is 28.9 Å². The zero-order valence-corrected chi connectivity index (χ0v) is 28.1. The summed E-state index contributed by atoms with van der Waals surface area (Å²) in [7, 11) is -1.34. The van der Waals surface area contributed by atoms with E-state index in [2.05, 4.69) is 48.9 Å². The predicted octanol–water partition coefficient (Wildman–Crippen LogP) is 9.84. The van der Waals surface area contributed by atoms with Crippen molar-refractivity contribution in [3.63, 3.8) is 0 Å². The minimum absolute atomic E-state index is 0. The molecule has 2 heterocycles. The van der Waals surface area contributed by atoms with Gasteiger partial charge in [-0.15, -0.1) is 53.1 Å². The Morgan fingerprint density at radius 2 is 1.57 bits per heavy atom. The largest absolute Gasteiger partial charge is 3.00 e. The van der Waals surface area contributed by atoms with Gasteiger partial charge in [-0.2, -0.15) is 35.9 Å². The zero-order chi connectivity index (χ0) is 34.1. The predicted molar refractivity (Wildman–Crippen MR) is 182 cm³/mol. The number of nitrogens with zero attached hydrogens (tertiary/aromatic N) is 1. The third-order valence-corrected chi connectivity index (χ3v) is 9.22. The van der Waals surface area contributed by atoms with Crippen LogP contribution in [0.4, 0.5) is 0 Å². The average molecular weight is 770 g/mol. The van der Waals surface area contributed by atoms with E-state index in [1.54, 1.807) is 24.3 Å². The molecule has 0 atom stereocenters. The molecule has 0 saturated carbocycles. The van der Waals surface area contributed by atoms with Gasteiger partial charge in [-0.3, -0.25) is 0 Å². The Morgan fingerprint density at radius 3 is 2.30 bits per heavy atom. The molecule has 0 bridgehead atoms. The van der Waals surface area contributed by atoms with E-state index in [0.717, 1.165) is 44.3 Å². The van der Waals surface area contributed by atoms with Crippen molar-refractivity contribution in [2.45, 2.75) is 32.9 Å². The van der Waals surface area contributed by atoms with Crippen molar-refractivity contribution in [2.24, 2.45) is 0 Å². The molecule has 0 aliphatic carbocycles. The molecule has 0 aliphatic rings. The molecule has 44 heavy (non-hydrogen) atoms. The van der Waals surface area contributed by atoms with E-state index in [9.17, 15) is 0 Å². The van der Waals surface area contributed by atoms with Gasteiger partial charge in [0.05, 0.1) is 8.07 Å². The fraction of sp³-hybridized carbons (Fsp3) is 0.125. The van der Waals surface area contributed by atoms with E-state index in [1.165, 1.54) is 11.3 Å². The van der Waals surface area contributed by atoms with Gasteiger partial charge in [0.25, 0.3) is 0 Å². The normalized spacial score (nSPS) is 13.4. The summed E-state index contributed by atoms with van der Waals surface area (Å²) in [5, 5.41) is 3.39. The van der Waals surface area contributed by atoms with Crippen LogP contribution in [0.5, 0.6) is 0 Å². The van der Waals surface area contributed by atoms with E-state index in [-0.39, 0.29) is 20.1 Å². The van der Waals surface area contributed by atoms with E-state index in [4.69, 9.17) is 11.3 Å². The first-order valence-electron chi connectivity index (χ1n) is 16.7. The van der Waals surface area contributed by atoms with Gasteiger partial charge in [0.1, 0.15) is 5.58 Å². The van der Waals surface area contributed by atoms with E-state index in [1.807, 2.05) is 85.1 Å². The third kappa shape index (κ3) is 7.17. The molecule has 0 saturated heterocycles. The van der Waals surface area contributed by atoms with Gasteiger partial charge >= 0.3 is 20.1 Å². The van der Waals surface area contributed by atoms with Crippen molar-refractivity contribution in [2.75, 3.05) is 0 Å². The SMILES string of the molecule is [2H]C([2H])([2H])c1c[c-]c(-c2ccc([Si](C)(C)C)cn2)cc1.[2H]C([2H])(c1ccccc1)c1cc[c-]c(-c2[c-]ccc3c2oc2ccccc23)c1.[Ir+3]. The van der Waals surface area contributed by atoms with Gasteiger partial charge < -0.3 is 9.40 Å². The smallest absolute Gasteiger partial charge is 0.510 e. The van der Waals surface area contributed by atoms with Crippen molar-refractivity contribution in [3.8, 4) is 22.4 Å². The molecule has 0 unspecified atom stereocenters. The quantitative estimate of drug-likeness (QED) is 0.129. The molecule has 2 aromatic heterocycles. The third-order valence-electron chi connectivity index (χ3n) is 7.19. The number of rotatable bonds is 5. The summed E-state index contributed by atoms with van der Waals surface area (Å²) < 4.78 is 45.4. The molecule has 218 valence electrons. The molecule has 0 radical (unpaired) electrons. The fourth-order valence-corrected chi connectivity index (χ4v) is 5.88. The Balaban J connectivity index is 0.000000199. The number of aryl methyl sites for hydroxylation is 1. The number of furan rings is 1. The van der Waals surface area contributed by atoms with Crippen molar-refractivity contribution in [3.05, 3.63) is 156 Å². The second-order valence-corrected chi connectivity index (χ2v) is 16.4. The van der Waals surface area contributed by atoms with Crippen LogP contribution in [-0.2, 0) is 26.5 Å². The van der Waals surface area contributed by atoms with Gasteiger partial charge in [-0.1, -0.05) is 92.5 Å². The molecule has 7 aromatic rings. The standard InChI is InChI=1S/C25H16O.C15H18NSi.Ir/c1-2-8-18(9-3-1)16-19-10-6-11-20(17-19)21-13-7-14-23-22-12-4-5-15-24(22)26-25(21)23;1-12-5-7-13(8-6-12)15-10-9-14(11-16-15)17(2,3)4;/h1-10,12,14-15,17H,16H2;5-7,9-11H,1-4H3;/q-2;-1;+3/i16D2;1D3;.